The Morgan fingerprint density at radius 1 is 0.731 bits per heavy atom. The lowest BCUT2D eigenvalue weighted by molar-refractivity contribution is -0.147. The molecular formula is C22H41NO3. The third kappa shape index (κ3) is 8.85. The summed E-state index contributed by atoms with van der Waals surface area (Å²) in [5, 5.41) is 21.6. The highest BCUT2D eigenvalue weighted by molar-refractivity contribution is 5.71. The van der Waals surface area contributed by atoms with Gasteiger partial charge in [-0.1, -0.05) is 77.0 Å². The Morgan fingerprint density at radius 2 is 1.12 bits per heavy atom. The summed E-state index contributed by atoms with van der Waals surface area (Å²) in [6.07, 6.45) is 20.9. The summed E-state index contributed by atoms with van der Waals surface area (Å²) in [6, 6.07) is 1.74. The summed E-state index contributed by atoms with van der Waals surface area (Å²) < 4.78 is 0. The fourth-order valence-electron chi connectivity index (χ4n) is 4.89. The number of aliphatic carboxylic acids is 1. The van der Waals surface area contributed by atoms with Gasteiger partial charge in [0.1, 0.15) is 0 Å². The maximum atomic E-state index is 10.4. The van der Waals surface area contributed by atoms with Gasteiger partial charge in [-0.2, -0.15) is 0 Å². The van der Waals surface area contributed by atoms with E-state index in [9.17, 15) is 9.90 Å². The van der Waals surface area contributed by atoms with Crippen molar-refractivity contribution >= 4 is 5.97 Å². The number of aliphatic hydroxyl groups is 1. The monoisotopic (exact) mass is 367 g/mol. The average molecular weight is 368 g/mol. The van der Waals surface area contributed by atoms with Gasteiger partial charge in [0.25, 0.3) is 0 Å². The first kappa shape index (κ1) is 21.7. The Labute approximate surface area is 160 Å². The largest absolute Gasteiger partial charge is 0.479 e. The van der Waals surface area contributed by atoms with Crippen LogP contribution in [0.4, 0.5) is 0 Å². The van der Waals surface area contributed by atoms with Gasteiger partial charge in [-0.3, -0.25) is 0 Å². The molecule has 3 saturated carbocycles. The van der Waals surface area contributed by atoms with E-state index in [0.717, 1.165) is 24.9 Å². The molecule has 0 aromatic heterocycles. The van der Waals surface area contributed by atoms with Gasteiger partial charge < -0.3 is 15.5 Å². The summed E-state index contributed by atoms with van der Waals surface area (Å²) >= 11 is 0. The molecule has 0 aromatic carbocycles. The van der Waals surface area contributed by atoms with Crippen LogP contribution in [0.1, 0.15) is 109 Å². The van der Waals surface area contributed by atoms with Gasteiger partial charge in [-0.05, 0) is 38.0 Å². The number of hydrogen-bond acceptors (Lipinski definition) is 3. The Morgan fingerprint density at radius 3 is 1.54 bits per heavy atom. The minimum Gasteiger partial charge on any atom is -0.479 e. The summed E-state index contributed by atoms with van der Waals surface area (Å²) in [6.45, 7) is 0. The first-order valence-electron chi connectivity index (χ1n) is 11.3. The van der Waals surface area contributed by atoms with Crippen LogP contribution < -0.4 is 5.32 Å². The highest BCUT2D eigenvalue weighted by Crippen LogP contribution is 2.26. The maximum absolute atomic E-state index is 10.4. The van der Waals surface area contributed by atoms with Crippen LogP contribution in [0.2, 0.25) is 0 Å². The van der Waals surface area contributed by atoms with E-state index in [0.29, 0.717) is 12.3 Å². The molecule has 0 amide bonds. The van der Waals surface area contributed by atoms with Crippen molar-refractivity contribution in [2.45, 2.75) is 127 Å². The van der Waals surface area contributed by atoms with Gasteiger partial charge in [0, 0.05) is 12.1 Å². The number of rotatable bonds is 5. The van der Waals surface area contributed by atoms with Crippen LogP contribution in [0.3, 0.4) is 0 Å². The number of nitrogens with one attached hydrogen (secondary N) is 1. The third-order valence-corrected chi connectivity index (χ3v) is 6.50. The van der Waals surface area contributed by atoms with Crippen molar-refractivity contribution in [1.29, 1.82) is 0 Å². The van der Waals surface area contributed by atoms with Crippen LogP contribution >= 0.6 is 0 Å². The summed E-state index contributed by atoms with van der Waals surface area (Å²) in [5.41, 5.74) is 0. The predicted molar refractivity (Wildman–Crippen MR) is 106 cm³/mol. The minimum atomic E-state index is -1.15. The number of carboxylic acids is 1. The van der Waals surface area contributed by atoms with Crippen LogP contribution in [-0.4, -0.2) is 34.4 Å². The van der Waals surface area contributed by atoms with Crippen molar-refractivity contribution in [2.75, 3.05) is 0 Å². The van der Waals surface area contributed by atoms with E-state index in [1.54, 1.807) is 0 Å². The van der Waals surface area contributed by atoms with Crippen LogP contribution in [0.15, 0.2) is 0 Å². The zero-order chi connectivity index (χ0) is 18.6. The van der Waals surface area contributed by atoms with Gasteiger partial charge in [-0.15, -0.1) is 0 Å². The number of hydrogen-bond donors (Lipinski definition) is 3. The quantitative estimate of drug-likeness (QED) is 0.596. The van der Waals surface area contributed by atoms with Crippen molar-refractivity contribution < 1.29 is 15.0 Å². The fraction of sp³-hybridized carbons (Fsp3) is 0.955. The summed E-state index contributed by atoms with van der Waals surface area (Å²) in [4.78, 5) is 10.4. The third-order valence-electron chi connectivity index (χ3n) is 6.50. The minimum absolute atomic E-state index is 0.425. The number of aliphatic hydroxyl groups excluding tert-OH is 1. The normalized spacial score (nSPS) is 25.0. The molecule has 0 saturated heterocycles. The highest BCUT2D eigenvalue weighted by atomic mass is 16.4. The summed E-state index contributed by atoms with van der Waals surface area (Å²) in [5.74, 6) is -0.655. The lowest BCUT2D eigenvalue weighted by Gasteiger charge is -2.30. The van der Waals surface area contributed by atoms with E-state index >= 15 is 0 Å². The molecule has 0 aliphatic heterocycles. The average Bonchev–Trinajstić information content (AvgIpc) is 2.92. The van der Waals surface area contributed by atoms with Crippen molar-refractivity contribution in [3.05, 3.63) is 0 Å². The van der Waals surface area contributed by atoms with Crippen LogP contribution in [-0.2, 0) is 4.79 Å². The molecule has 3 fully saturated rings. The second-order valence-electron chi connectivity index (χ2n) is 8.78. The van der Waals surface area contributed by atoms with E-state index in [1.165, 1.54) is 89.9 Å². The van der Waals surface area contributed by atoms with Gasteiger partial charge in [0.05, 0.1) is 0 Å². The lowest BCUT2D eigenvalue weighted by Crippen LogP contribution is -2.40. The molecule has 0 heterocycles. The van der Waals surface area contributed by atoms with E-state index in [4.69, 9.17) is 5.11 Å². The SMILES string of the molecule is C1CCC(NC2CCCCC2)CC1.O=C(O)C(O)CC1CCCCCC1. The second kappa shape index (κ2) is 12.7. The lowest BCUT2D eigenvalue weighted by atomic mass is 9.91. The molecule has 0 bridgehead atoms. The molecule has 152 valence electrons. The van der Waals surface area contributed by atoms with E-state index in [-0.39, 0.29) is 0 Å². The fourth-order valence-corrected chi connectivity index (χ4v) is 4.89. The molecule has 1 unspecified atom stereocenters. The van der Waals surface area contributed by atoms with Gasteiger partial charge in [0.2, 0.25) is 0 Å². The Balaban J connectivity index is 0.000000187. The van der Waals surface area contributed by atoms with E-state index in [1.807, 2.05) is 0 Å². The molecule has 0 spiro atoms. The van der Waals surface area contributed by atoms with Crippen LogP contribution in [0.5, 0.6) is 0 Å². The molecule has 3 rings (SSSR count). The second-order valence-corrected chi connectivity index (χ2v) is 8.78. The highest BCUT2D eigenvalue weighted by Gasteiger charge is 2.21. The molecule has 0 radical (unpaired) electrons. The van der Waals surface area contributed by atoms with Gasteiger partial charge in [-0.25, -0.2) is 4.79 Å². The standard InChI is InChI=1S/C12H23N.C10H18O3/c1-3-7-11(8-4-1)13-12-9-5-2-6-10-12;11-9(10(12)13)7-8-5-3-1-2-4-6-8/h11-13H,1-10H2;8-9,11H,1-7H2,(H,12,13). The van der Waals surface area contributed by atoms with Crippen LogP contribution in [0.25, 0.3) is 0 Å². The first-order chi connectivity index (χ1) is 12.6. The molecule has 1 atom stereocenters. The van der Waals surface area contributed by atoms with Gasteiger partial charge in [0.15, 0.2) is 6.10 Å². The molecule has 26 heavy (non-hydrogen) atoms. The molecule has 4 nitrogen and oxygen atoms in total. The molecule has 4 heteroatoms. The zero-order valence-electron chi connectivity index (χ0n) is 16.6. The molecule has 3 aliphatic rings. The predicted octanol–water partition coefficient (Wildman–Crippen LogP) is 5.03. The molecule has 3 aliphatic carbocycles. The van der Waals surface area contributed by atoms with Gasteiger partial charge >= 0.3 is 5.97 Å². The Kier molecular flexibility index (Phi) is 10.6. The summed E-state index contributed by atoms with van der Waals surface area (Å²) in [7, 11) is 0. The molecular weight excluding hydrogens is 326 g/mol. The first-order valence-corrected chi connectivity index (χ1v) is 11.3. The molecule has 3 N–H and O–H groups in total. The number of carbonyl (C=O) groups is 1. The Hall–Kier alpha value is -0.610. The van der Waals surface area contributed by atoms with Crippen molar-refractivity contribution in [2.24, 2.45) is 5.92 Å². The topological polar surface area (TPSA) is 69.6 Å². The van der Waals surface area contributed by atoms with Crippen LogP contribution in [0, 0.1) is 5.92 Å². The van der Waals surface area contributed by atoms with E-state index in [2.05, 4.69) is 5.32 Å². The van der Waals surface area contributed by atoms with E-state index < -0.39 is 12.1 Å². The van der Waals surface area contributed by atoms with Crippen molar-refractivity contribution in [1.82, 2.24) is 5.32 Å². The molecule has 0 aromatic rings. The maximum Gasteiger partial charge on any atom is 0.332 e. The Bertz CT molecular complexity index is 352. The zero-order valence-corrected chi connectivity index (χ0v) is 16.6. The van der Waals surface area contributed by atoms with Crippen molar-refractivity contribution in [3.8, 4) is 0 Å². The number of carboxylic acid groups (broad SMARTS) is 1. The van der Waals surface area contributed by atoms with Crippen molar-refractivity contribution in [3.63, 3.8) is 0 Å². The smallest absolute Gasteiger partial charge is 0.332 e.